The predicted molar refractivity (Wildman–Crippen MR) is 111 cm³/mol. The van der Waals surface area contributed by atoms with Gasteiger partial charge in [0, 0.05) is 34.9 Å². The molecule has 0 aliphatic carbocycles. The molecule has 9 heteroatoms. The van der Waals surface area contributed by atoms with Crippen LogP contribution in [0.3, 0.4) is 0 Å². The number of carboxylic acids is 1. The zero-order valence-corrected chi connectivity index (χ0v) is 18.1. The van der Waals surface area contributed by atoms with E-state index >= 15 is 0 Å². The maximum Gasteiger partial charge on any atom is 0.323 e. The highest BCUT2D eigenvalue weighted by Crippen LogP contribution is 2.20. The van der Waals surface area contributed by atoms with E-state index in [2.05, 4.69) is 10.3 Å². The van der Waals surface area contributed by atoms with E-state index in [0.29, 0.717) is 23.0 Å². The minimum atomic E-state index is -1.00. The van der Waals surface area contributed by atoms with E-state index in [1.807, 2.05) is 18.4 Å². The fourth-order valence-electron chi connectivity index (χ4n) is 3.08. The molecule has 7 nitrogen and oxygen atoms in total. The molecule has 0 amide bonds. The number of carbonyl (C=O) groups excluding carboxylic acids is 1. The van der Waals surface area contributed by atoms with Crippen LogP contribution < -0.4 is 5.32 Å². The van der Waals surface area contributed by atoms with E-state index < -0.39 is 24.0 Å². The largest absolute Gasteiger partial charge is 0.480 e. The van der Waals surface area contributed by atoms with Crippen LogP contribution in [-0.2, 0) is 27.3 Å². The Balaban J connectivity index is 2.20. The Morgan fingerprint density at radius 3 is 2.41 bits per heavy atom. The highest BCUT2D eigenvalue weighted by Gasteiger charge is 2.28. The molecule has 1 aromatic heterocycles. The molecule has 1 aromatic carbocycles. The second-order valence-corrected chi connectivity index (χ2v) is 8.13. The second-order valence-electron chi connectivity index (χ2n) is 7.26. The fraction of sp³-hybridized carbons (Fsp3) is 0.450. The van der Waals surface area contributed by atoms with Crippen LogP contribution in [0.1, 0.15) is 31.5 Å². The number of esters is 1. The number of carbonyl (C=O) groups is 2. The summed E-state index contributed by atoms with van der Waals surface area (Å²) >= 11 is 12.1. The van der Waals surface area contributed by atoms with E-state index in [9.17, 15) is 14.7 Å². The molecule has 0 aliphatic rings. The highest BCUT2D eigenvalue weighted by molar-refractivity contribution is 6.34. The first kappa shape index (κ1) is 23.2. The number of nitrogens with zero attached hydrogens (tertiary/aromatic N) is 2. The molecule has 0 bridgehead atoms. The van der Waals surface area contributed by atoms with Crippen molar-refractivity contribution in [2.24, 2.45) is 5.92 Å². The topological polar surface area (TPSA) is 93.5 Å². The van der Waals surface area contributed by atoms with Gasteiger partial charge in [-0.2, -0.15) is 0 Å². The molecule has 2 atom stereocenters. The fourth-order valence-corrected chi connectivity index (χ4v) is 3.65. The van der Waals surface area contributed by atoms with Gasteiger partial charge in [0.25, 0.3) is 0 Å². The lowest BCUT2D eigenvalue weighted by Gasteiger charge is -2.23. The molecule has 0 saturated heterocycles. The lowest BCUT2D eigenvalue weighted by atomic mass is 10.0. The van der Waals surface area contributed by atoms with Gasteiger partial charge in [0.2, 0.25) is 0 Å². The van der Waals surface area contributed by atoms with Crippen LogP contribution in [0, 0.1) is 5.92 Å². The summed E-state index contributed by atoms with van der Waals surface area (Å²) in [6.45, 7) is 4.31. The highest BCUT2D eigenvalue weighted by atomic mass is 35.5. The molecule has 1 unspecified atom stereocenters. The Morgan fingerprint density at radius 2 is 1.86 bits per heavy atom. The Kier molecular flexibility index (Phi) is 8.49. The van der Waals surface area contributed by atoms with Gasteiger partial charge in [-0.1, -0.05) is 37.0 Å². The van der Waals surface area contributed by atoms with Crippen LogP contribution in [0.4, 0.5) is 0 Å². The number of halogens is 2. The standard InChI is InChI=1S/C20H25Cl2N3O4/c1-12(2)4-17(19(26)27)24-18(20(28)29-3)8-16-9-23-11-25(16)10-13-5-14(21)7-15(22)6-13/h5-7,9,11-12,17-18,24H,4,8,10H2,1-3H3,(H,26,27)/t17-,18?/m0/s1. The number of aromatic nitrogens is 2. The molecule has 29 heavy (non-hydrogen) atoms. The second kappa shape index (κ2) is 10.6. The first-order valence-electron chi connectivity index (χ1n) is 9.20. The number of carboxylic acid groups (broad SMARTS) is 1. The van der Waals surface area contributed by atoms with Gasteiger partial charge in [0.05, 0.1) is 13.4 Å². The first-order valence-corrected chi connectivity index (χ1v) is 9.95. The van der Waals surface area contributed by atoms with Crippen molar-refractivity contribution >= 4 is 35.1 Å². The number of hydrogen-bond acceptors (Lipinski definition) is 5. The molecule has 2 rings (SSSR count). The SMILES string of the molecule is COC(=O)C(Cc1cncn1Cc1cc(Cl)cc(Cl)c1)N[C@@H](CC(C)C)C(=O)O. The van der Waals surface area contributed by atoms with Crippen molar-refractivity contribution in [3.8, 4) is 0 Å². The summed E-state index contributed by atoms with van der Waals surface area (Å²) in [5.74, 6) is -1.38. The van der Waals surface area contributed by atoms with Gasteiger partial charge in [-0.3, -0.25) is 14.9 Å². The van der Waals surface area contributed by atoms with E-state index in [4.69, 9.17) is 27.9 Å². The van der Waals surface area contributed by atoms with E-state index in [0.717, 1.165) is 11.3 Å². The Hall–Kier alpha value is -2.09. The number of nitrogens with one attached hydrogen (secondary N) is 1. The first-order chi connectivity index (χ1) is 13.7. The number of benzene rings is 1. The third kappa shape index (κ3) is 7.03. The Morgan fingerprint density at radius 1 is 1.21 bits per heavy atom. The van der Waals surface area contributed by atoms with Crippen molar-refractivity contribution in [2.45, 2.75) is 45.3 Å². The number of ether oxygens (including phenoxy) is 1. The Bertz CT molecular complexity index is 834. The monoisotopic (exact) mass is 441 g/mol. The van der Waals surface area contributed by atoms with Crippen molar-refractivity contribution in [3.63, 3.8) is 0 Å². The maximum absolute atomic E-state index is 12.3. The van der Waals surface area contributed by atoms with E-state index in [1.54, 1.807) is 30.7 Å². The van der Waals surface area contributed by atoms with Crippen LogP contribution in [-0.4, -0.2) is 45.8 Å². The van der Waals surface area contributed by atoms with E-state index in [-0.39, 0.29) is 12.3 Å². The van der Waals surface area contributed by atoms with Crippen LogP contribution in [0.5, 0.6) is 0 Å². The number of methoxy groups -OCH3 is 1. The minimum absolute atomic E-state index is 0.153. The summed E-state index contributed by atoms with van der Waals surface area (Å²) in [4.78, 5) is 28.1. The molecule has 158 valence electrons. The van der Waals surface area contributed by atoms with E-state index in [1.165, 1.54) is 7.11 Å². The maximum atomic E-state index is 12.3. The van der Waals surface area contributed by atoms with Gasteiger partial charge >= 0.3 is 11.9 Å². The van der Waals surface area contributed by atoms with Crippen molar-refractivity contribution in [1.29, 1.82) is 0 Å². The third-order valence-corrected chi connectivity index (χ3v) is 4.82. The number of hydrogen-bond donors (Lipinski definition) is 2. The zero-order valence-electron chi connectivity index (χ0n) is 16.6. The summed E-state index contributed by atoms with van der Waals surface area (Å²) in [6, 6.07) is 3.58. The van der Waals surface area contributed by atoms with Crippen molar-refractivity contribution in [3.05, 3.63) is 52.0 Å². The molecule has 0 aliphatic heterocycles. The molecule has 2 N–H and O–H groups in total. The van der Waals surface area contributed by atoms with Crippen molar-refractivity contribution in [2.75, 3.05) is 7.11 Å². The molecule has 0 radical (unpaired) electrons. The molecule has 1 heterocycles. The average molecular weight is 442 g/mol. The quantitative estimate of drug-likeness (QED) is 0.548. The number of rotatable bonds is 10. The van der Waals surface area contributed by atoms with Gasteiger partial charge in [0.1, 0.15) is 12.1 Å². The van der Waals surface area contributed by atoms with Gasteiger partial charge < -0.3 is 14.4 Å². The zero-order chi connectivity index (χ0) is 21.6. The van der Waals surface area contributed by atoms with Crippen LogP contribution >= 0.6 is 23.2 Å². The molecular weight excluding hydrogens is 417 g/mol. The summed E-state index contributed by atoms with van der Waals surface area (Å²) in [7, 11) is 1.28. The van der Waals surface area contributed by atoms with Gasteiger partial charge in [-0.15, -0.1) is 0 Å². The molecular formula is C20H25Cl2N3O4. The molecule has 0 spiro atoms. The summed E-state index contributed by atoms with van der Waals surface area (Å²) in [5.41, 5.74) is 1.63. The van der Waals surface area contributed by atoms with Gasteiger partial charge in [0.15, 0.2) is 0 Å². The Labute approximate surface area is 180 Å². The molecule has 0 saturated carbocycles. The summed E-state index contributed by atoms with van der Waals surface area (Å²) in [6.07, 6.45) is 3.90. The van der Waals surface area contributed by atoms with Crippen LogP contribution in [0.2, 0.25) is 10.0 Å². The van der Waals surface area contributed by atoms with Gasteiger partial charge in [-0.05, 0) is 36.1 Å². The summed E-state index contributed by atoms with van der Waals surface area (Å²) < 4.78 is 6.74. The normalized spacial score (nSPS) is 13.3. The average Bonchev–Trinajstić information content (AvgIpc) is 3.05. The minimum Gasteiger partial charge on any atom is -0.480 e. The lowest BCUT2D eigenvalue weighted by Crippen LogP contribution is -2.49. The van der Waals surface area contributed by atoms with Crippen molar-refractivity contribution < 1.29 is 19.4 Å². The number of aliphatic carboxylic acids is 1. The van der Waals surface area contributed by atoms with Crippen LogP contribution in [0.25, 0.3) is 0 Å². The smallest absolute Gasteiger partial charge is 0.323 e. The van der Waals surface area contributed by atoms with Gasteiger partial charge in [-0.25, -0.2) is 4.98 Å². The number of imidazole rings is 1. The summed E-state index contributed by atoms with van der Waals surface area (Å²) in [5, 5.41) is 13.5. The predicted octanol–water partition coefficient (Wildman–Crippen LogP) is 3.41. The van der Waals surface area contributed by atoms with Crippen LogP contribution in [0.15, 0.2) is 30.7 Å². The third-order valence-electron chi connectivity index (χ3n) is 4.38. The molecule has 2 aromatic rings. The molecule has 0 fully saturated rings. The van der Waals surface area contributed by atoms with Crippen molar-refractivity contribution in [1.82, 2.24) is 14.9 Å². The lowest BCUT2D eigenvalue weighted by molar-refractivity contribution is -0.145.